The number of nitrogens with one attached hydrogen (secondary N) is 1. The zero-order valence-electron chi connectivity index (χ0n) is 7.21. The van der Waals surface area contributed by atoms with Crippen LogP contribution < -0.4 is 5.32 Å². The van der Waals surface area contributed by atoms with Gasteiger partial charge in [0.25, 0.3) is 0 Å². The minimum absolute atomic E-state index is 0. The Morgan fingerprint density at radius 2 is 2.33 bits per heavy atom. The minimum Gasteiger partial charge on any atom is -0.355 e. The summed E-state index contributed by atoms with van der Waals surface area (Å²) in [5, 5.41) is 2.82. The average molecular weight is 172 g/mol. The predicted molar refractivity (Wildman–Crippen MR) is 51.0 cm³/mol. The van der Waals surface area contributed by atoms with Gasteiger partial charge < -0.3 is 10.2 Å². The molecular weight excluding hydrogens is 152 g/mol. The van der Waals surface area contributed by atoms with Crippen molar-refractivity contribution >= 4 is 6.41 Å². The molecule has 1 fully saturated rings. The molecule has 0 spiro atoms. The monoisotopic (exact) mass is 172 g/mol. The lowest BCUT2D eigenvalue weighted by molar-refractivity contribution is -0.110. The maximum Gasteiger partial charge on any atom is 0.207 e. The third-order valence-electron chi connectivity index (χ3n) is 2.46. The van der Waals surface area contributed by atoms with Crippen LogP contribution in [0.15, 0.2) is 0 Å². The molecule has 0 saturated carbocycles. The fourth-order valence-corrected chi connectivity index (χ4v) is 1.77. The maximum absolute atomic E-state index is 10.1. The van der Waals surface area contributed by atoms with Gasteiger partial charge >= 0.3 is 0 Å². The highest BCUT2D eigenvalue weighted by atomic mass is 16.1. The second-order valence-electron chi connectivity index (χ2n) is 3.22. The van der Waals surface area contributed by atoms with Gasteiger partial charge in [-0.15, -0.1) is 0 Å². The van der Waals surface area contributed by atoms with Crippen LogP contribution in [0.5, 0.6) is 0 Å². The van der Waals surface area contributed by atoms with Crippen LogP contribution in [0.3, 0.4) is 0 Å². The third kappa shape index (κ3) is 2.48. The first kappa shape index (κ1) is 11.4. The van der Waals surface area contributed by atoms with Gasteiger partial charge in [0.05, 0.1) is 0 Å². The van der Waals surface area contributed by atoms with Crippen LogP contribution >= 0.6 is 0 Å². The van der Waals surface area contributed by atoms with Gasteiger partial charge in [-0.3, -0.25) is 4.79 Å². The maximum atomic E-state index is 10.1. The van der Waals surface area contributed by atoms with E-state index in [-0.39, 0.29) is 7.43 Å². The fraction of sp³-hybridized carbons (Fsp3) is 0.889. The molecule has 3 heteroatoms. The van der Waals surface area contributed by atoms with Gasteiger partial charge in [0.1, 0.15) is 0 Å². The summed E-state index contributed by atoms with van der Waals surface area (Å²) in [5.41, 5.74) is 0. The number of hydrogen-bond donors (Lipinski definition) is 1. The molecule has 0 aliphatic carbocycles. The molecule has 72 valence electrons. The van der Waals surface area contributed by atoms with Gasteiger partial charge in [-0.05, 0) is 19.9 Å². The van der Waals surface area contributed by atoms with Crippen molar-refractivity contribution in [2.75, 3.05) is 13.6 Å². The molecule has 0 bridgehead atoms. The van der Waals surface area contributed by atoms with Crippen LogP contribution in [0.2, 0.25) is 0 Å². The highest BCUT2D eigenvalue weighted by Gasteiger charge is 2.27. The van der Waals surface area contributed by atoms with Crippen molar-refractivity contribution in [3.63, 3.8) is 0 Å². The van der Waals surface area contributed by atoms with Crippen LogP contribution in [-0.2, 0) is 4.79 Å². The Balaban J connectivity index is 0.00000121. The van der Waals surface area contributed by atoms with E-state index in [0.29, 0.717) is 12.1 Å². The van der Waals surface area contributed by atoms with Crippen molar-refractivity contribution in [3.8, 4) is 0 Å². The van der Waals surface area contributed by atoms with E-state index in [1.807, 2.05) is 0 Å². The summed E-state index contributed by atoms with van der Waals surface area (Å²) < 4.78 is 0. The Labute approximate surface area is 75.1 Å². The summed E-state index contributed by atoms with van der Waals surface area (Å²) in [6.07, 6.45) is 3.08. The quantitative estimate of drug-likeness (QED) is 0.640. The Kier molecular flexibility index (Phi) is 4.90. The number of amides is 1. The van der Waals surface area contributed by atoms with Crippen LogP contribution in [0.1, 0.15) is 27.2 Å². The molecule has 0 aromatic carbocycles. The molecule has 1 amide bonds. The Morgan fingerprint density at radius 3 is 2.75 bits per heavy atom. The van der Waals surface area contributed by atoms with Gasteiger partial charge in [-0.1, -0.05) is 14.4 Å². The minimum atomic E-state index is 0. The number of carbonyl (C=O) groups is 1. The summed E-state index contributed by atoms with van der Waals surface area (Å²) >= 11 is 0. The first-order valence-corrected chi connectivity index (χ1v) is 4.17. The van der Waals surface area contributed by atoms with E-state index in [9.17, 15) is 4.79 Å². The standard InChI is InChI=1S/C8H16N2O.CH4/c1-3-8-4-7(9-6-11)5-10(8)2;/h6-8H,3-5H2,1-2H3,(H,9,11);1H4/t7-,8+;/m0./s1. The van der Waals surface area contributed by atoms with Crippen molar-refractivity contribution in [1.29, 1.82) is 0 Å². The molecule has 1 rings (SSSR count). The molecule has 0 unspecified atom stereocenters. The van der Waals surface area contributed by atoms with E-state index in [4.69, 9.17) is 0 Å². The normalized spacial score (nSPS) is 29.5. The largest absolute Gasteiger partial charge is 0.355 e. The summed E-state index contributed by atoms with van der Waals surface area (Å²) in [7, 11) is 2.11. The second kappa shape index (κ2) is 5.14. The van der Waals surface area contributed by atoms with E-state index >= 15 is 0 Å². The summed E-state index contributed by atoms with van der Waals surface area (Å²) in [6, 6.07) is 1.04. The molecule has 2 atom stereocenters. The number of carbonyl (C=O) groups excluding carboxylic acids is 1. The first-order valence-electron chi connectivity index (χ1n) is 4.17. The van der Waals surface area contributed by atoms with E-state index in [1.165, 1.54) is 6.42 Å². The smallest absolute Gasteiger partial charge is 0.207 e. The highest BCUT2D eigenvalue weighted by molar-refractivity contribution is 5.46. The van der Waals surface area contributed by atoms with Crippen LogP contribution in [0, 0.1) is 0 Å². The highest BCUT2D eigenvalue weighted by Crippen LogP contribution is 2.17. The summed E-state index contributed by atoms with van der Waals surface area (Å²) in [5.74, 6) is 0. The molecule has 1 heterocycles. The summed E-state index contributed by atoms with van der Waals surface area (Å²) in [6.45, 7) is 3.18. The number of likely N-dealkylation sites (tertiary alicyclic amines) is 1. The number of hydrogen-bond acceptors (Lipinski definition) is 2. The van der Waals surface area contributed by atoms with Gasteiger partial charge in [-0.25, -0.2) is 0 Å². The SMILES string of the molecule is C.CC[C@@H]1C[C@H](NC=O)CN1C. The zero-order chi connectivity index (χ0) is 8.27. The molecule has 1 saturated heterocycles. The van der Waals surface area contributed by atoms with Crippen molar-refractivity contribution < 1.29 is 4.79 Å². The second-order valence-corrected chi connectivity index (χ2v) is 3.22. The molecule has 1 aliphatic heterocycles. The number of likely N-dealkylation sites (N-methyl/N-ethyl adjacent to an activating group) is 1. The van der Waals surface area contributed by atoms with Crippen molar-refractivity contribution in [3.05, 3.63) is 0 Å². The Morgan fingerprint density at radius 1 is 1.67 bits per heavy atom. The molecule has 0 radical (unpaired) electrons. The van der Waals surface area contributed by atoms with E-state index < -0.39 is 0 Å². The van der Waals surface area contributed by atoms with Crippen molar-refractivity contribution in [2.45, 2.75) is 39.3 Å². The van der Waals surface area contributed by atoms with Crippen molar-refractivity contribution in [1.82, 2.24) is 10.2 Å². The fourth-order valence-electron chi connectivity index (χ4n) is 1.77. The molecule has 1 N–H and O–H groups in total. The van der Waals surface area contributed by atoms with Crippen LogP contribution in [0.25, 0.3) is 0 Å². The average Bonchev–Trinajstić information content (AvgIpc) is 2.32. The molecule has 12 heavy (non-hydrogen) atoms. The molecule has 0 aromatic rings. The first-order chi connectivity index (χ1) is 5.27. The lowest BCUT2D eigenvalue weighted by atomic mass is 10.1. The predicted octanol–water partition coefficient (Wildman–Crippen LogP) is 0.851. The van der Waals surface area contributed by atoms with Crippen LogP contribution in [0.4, 0.5) is 0 Å². The van der Waals surface area contributed by atoms with E-state index in [1.54, 1.807) is 0 Å². The number of nitrogens with zero attached hydrogens (tertiary/aromatic N) is 1. The van der Waals surface area contributed by atoms with E-state index in [0.717, 1.165) is 19.4 Å². The third-order valence-corrected chi connectivity index (χ3v) is 2.46. The van der Waals surface area contributed by atoms with E-state index in [2.05, 4.69) is 24.2 Å². The molecule has 0 aromatic heterocycles. The topological polar surface area (TPSA) is 32.3 Å². The molecular formula is C9H20N2O. The van der Waals surface area contributed by atoms with Gasteiger partial charge in [-0.2, -0.15) is 0 Å². The zero-order valence-corrected chi connectivity index (χ0v) is 7.21. The Bertz CT molecular complexity index is 138. The van der Waals surface area contributed by atoms with Crippen molar-refractivity contribution in [2.24, 2.45) is 0 Å². The summed E-state index contributed by atoms with van der Waals surface area (Å²) in [4.78, 5) is 12.4. The Hall–Kier alpha value is -0.570. The lowest BCUT2D eigenvalue weighted by Crippen LogP contribution is -2.30. The van der Waals surface area contributed by atoms with Gasteiger partial charge in [0.2, 0.25) is 6.41 Å². The van der Waals surface area contributed by atoms with Gasteiger partial charge in [0, 0.05) is 18.6 Å². The lowest BCUT2D eigenvalue weighted by Gasteiger charge is -2.15. The molecule has 3 nitrogen and oxygen atoms in total. The van der Waals surface area contributed by atoms with Gasteiger partial charge in [0.15, 0.2) is 0 Å². The van der Waals surface area contributed by atoms with Crippen LogP contribution in [-0.4, -0.2) is 37.0 Å². The molecule has 1 aliphatic rings. The number of rotatable bonds is 3.